The van der Waals surface area contributed by atoms with Gasteiger partial charge in [0.1, 0.15) is 23.3 Å². The molecule has 0 aliphatic heterocycles. The van der Waals surface area contributed by atoms with Crippen molar-refractivity contribution in [1.29, 1.82) is 5.26 Å². The number of hydrogen-bond donors (Lipinski definition) is 1. The smallest absolute Gasteiger partial charge is 0.274 e. The van der Waals surface area contributed by atoms with Gasteiger partial charge in [-0.25, -0.2) is 9.37 Å². The van der Waals surface area contributed by atoms with Gasteiger partial charge in [-0.1, -0.05) is 12.1 Å². The van der Waals surface area contributed by atoms with Crippen LogP contribution in [0.15, 0.2) is 72.0 Å². The molecular weight excluding hydrogens is 409 g/mol. The van der Waals surface area contributed by atoms with Gasteiger partial charge in [0.2, 0.25) is 0 Å². The topological polar surface area (TPSA) is 84.9 Å². The number of rotatable bonds is 6. The van der Waals surface area contributed by atoms with Crippen molar-refractivity contribution in [2.45, 2.75) is 13.5 Å². The molecule has 0 unspecified atom stereocenters. The van der Waals surface area contributed by atoms with Crippen LogP contribution in [-0.2, 0) is 6.54 Å². The number of nitriles is 1. The summed E-state index contributed by atoms with van der Waals surface area (Å²) in [5.41, 5.74) is 3.33. The molecule has 32 heavy (non-hydrogen) atoms. The van der Waals surface area contributed by atoms with Crippen LogP contribution in [0, 0.1) is 24.1 Å². The van der Waals surface area contributed by atoms with Gasteiger partial charge >= 0.3 is 0 Å². The maximum atomic E-state index is 13.2. The molecule has 4 rings (SSSR count). The minimum absolute atomic E-state index is 0.214. The number of aryl methyl sites for hydroxylation is 1. The SMILES string of the molecule is COc1cc(Nc2cc(C#N)cn(Cc3ccc(F)cc3)c2=O)ccc1-n1cnc(C)c1. The van der Waals surface area contributed by atoms with E-state index < -0.39 is 0 Å². The first-order valence-corrected chi connectivity index (χ1v) is 9.82. The molecule has 2 aromatic heterocycles. The molecule has 0 saturated heterocycles. The average molecular weight is 429 g/mol. The van der Waals surface area contributed by atoms with Gasteiger partial charge in [-0.15, -0.1) is 0 Å². The third-order valence-corrected chi connectivity index (χ3v) is 4.93. The number of methoxy groups -OCH3 is 1. The second kappa shape index (κ2) is 8.78. The number of halogens is 1. The lowest BCUT2D eigenvalue weighted by atomic mass is 10.2. The van der Waals surface area contributed by atoms with E-state index in [9.17, 15) is 14.4 Å². The molecule has 160 valence electrons. The highest BCUT2D eigenvalue weighted by Crippen LogP contribution is 2.28. The Labute approximate surface area is 184 Å². The second-order valence-electron chi connectivity index (χ2n) is 7.25. The quantitative estimate of drug-likeness (QED) is 0.498. The Hall–Kier alpha value is -4.38. The molecule has 0 bridgehead atoms. The van der Waals surface area contributed by atoms with Gasteiger partial charge in [0.25, 0.3) is 5.56 Å². The summed E-state index contributed by atoms with van der Waals surface area (Å²) in [7, 11) is 1.57. The molecule has 0 radical (unpaired) electrons. The Balaban J connectivity index is 1.67. The molecule has 0 fully saturated rings. The minimum atomic E-state index is -0.350. The zero-order chi connectivity index (χ0) is 22.7. The summed E-state index contributed by atoms with van der Waals surface area (Å²) in [5, 5.41) is 12.5. The summed E-state index contributed by atoms with van der Waals surface area (Å²) in [6, 6.07) is 14.9. The molecule has 7 nitrogen and oxygen atoms in total. The Bertz CT molecular complexity index is 1370. The summed E-state index contributed by atoms with van der Waals surface area (Å²) in [5.74, 6) is 0.243. The highest BCUT2D eigenvalue weighted by atomic mass is 19.1. The fourth-order valence-corrected chi connectivity index (χ4v) is 3.37. The maximum Gasteiger partial charge on any atom is 0.274 e. The van der Waals surface area contributed by atoms with E-state index in [0.29, 0.717) is 17.0 Å². The molecule has 8 heteroatoms. The van der Waals surface area contributed by atoms with Crippen LogP contribution in [-0.4, -0.2) is 21.2 Å². The number of ether oxygens (including phenoxy) is 1. The van der Waals surface area contributed by atoms with Crippen molar-refractivity contribution in [1.82, 2.24) is 14.1 Å². The lowest BCUT2D eigenvalue weighted by Gasteiger charge is -2.14. The van der Waals surface area contributed by atoms with Crippen LogP contribution < -0.4 is 15.6 Å². The van der Waals surface area contributed by atoms with Crippen LogP contribution >= 0.6 is 0 Å². The van der Waals surface area contributed by atoms with Gasteiger partial charge < -0.3 is 19.2 Å². The van der Waals surface area contributed by atoms with Gasteiger partial charge in [0.15, 0.2) is 0 Å². The third kappa shape index (κ3) is 4.37. The van der Waals surface area contributed by atoms with Crippen LogP contribution in [0.1, 0.15) is 16.8 Å². The second-order valence-corrected chi connectivity index (χ2v) is 7.25. The predicted octanol–water partition coefficient (Wildman–Crippen LogP) is 4.15. The Morgan fingerprint density at radius 3 is 2.59 bits per heavy atom. The molecule has 0 amide bonds. The van der Waals surface area contributed by atoms with E-state index in [1.807, 2.05) is 29.8 Å². The maximum absolute atomic E-state index is 13.2. The number of nitrogens with one attached hydrogen (secondary N) is 1. The number of pyridine rings is 1. The van der Waals surface area contributed by atoms with E-state index in [-0.39, 0.29) is 23.6 Å². The molecule has 2 aromatic carbocycles. The Morgan fingerprint density at radius 1 is 1.16 bits per heavy atom. The summed E-state index contributed by atoms with van der Waals surface area (Å²) in [4.78, 5) is 17.3. The van der Waals surface area contributed by atoms with E-state index in [1.54, 1.807) is 31.6 Å². The number of nitrogens with zero attached hydrogens (tertiary/aromatic N) is 4. The van der Waals surface area contributed by atoms with Crippen LogP contribution in [0.5, 0.6) is 5.75 Å². The number of anilines is 2. The average Bonchev–Trinajstić information content (AvgIpc) is 3.23. The summed E-state index contributed by atoms with van der Waals surface area (Å²) in [6.45, 7) is 2.11. The lowest BCUT2D eigenvalue weighted by molar-refractivity contribution is 0.413. The fourth-order valence-electron chi connectivity index (χ4n) is 3.37. The molecule has 1 N–H and O–H groups in total. The first-order valence-electron chi connectivity index (χ1n) is 9.82. The van der Waals surface area contributed by atoms with Crippen molar-refractivity contribution in [3.8, 4) is 17.5 Å². The Kier molecular flexibility index (Phi) is 5.73. The molecule has 4 aromatic rings. The molecule has 2 heterocycles. The van der Waals surface area contributed by atoms with Gasteiger partial charge in [0, 0.05) is 24.1 Å². The first kappa shape index (κ1) is 20.9. The minimum Gasteiger partial charge on any atom is -0.494 e. The van der Waals surface area contributed by atoms with Crippen LogP contribution in [0.3, 0.4) is 0 Å². The standard InChI is InChI=1S/C24H20FN5O2/c1-16-12-30(15-27-16)22-8-7-20(10-23(22)32-2)28-21-9-18(11-26)14-29(24(21)31)13-17-3-5-19(25)6-4-17/h3-10,12,14-15,28H,13H2,1-2H3. The van der Waals surface area contributed by atoms with E-state index >= 15 is 0 Å². The highest BCUT2D eigenvalue weighted by molar-refractivity contribution is 5.65. The van der Waals surface area contributed by atoms with Crippen LogP contribution in [0.25, 0.3) is 5.69 Å². The van der Waals surface area contributed by atoms with Crippen molar-refractivity contribution in [3.63, 3.8) is 0 Å². The Morgan fingerprint density at radius 2 is 1.94 bits per heavy atom. The highest BCUT2D eigenvalue weighted by Gasteiger charge is 2.11. The normalized spacial score (nSPS) is 10.6. The van der Waals surface area contributed by atoms with Gasteiger partial charge in [-0.2, -0.15) is 5.26 Å². The van der Waals surface area contributed by atoms with E-state index in [4.69, 9.17) is 4.74 Å². The monoisotopic (exact) mass is 429 g/mol. The zero-order valence-electron chi connectivity index (χ0n) is 17.5. The first-order chi connectivity index (χ1) is 15.5. The van der Waals surface area contributed by atoms with Crippen molar-refractivity contribution in [2.24, 2.45) is 0 Å². The number of imidazole rings is 1. The van der Waals surface area contributed by atoms with E-state index in [2.05, 4.69) is 16.4 Å². The van der Waals surface area contributed by atoms with Crippen molar-refractivity contribution in [3.05, 3.63) is 100 Å². The lowest BCUT2D eigenvalue weighted by Crippen LogP contribution is -2.23. The number of hydrogen-bond acceptors (Lipinski definition) is 5. The molecule has 0 atom stereocenters. The summed E-state index contributed by atoms with van der Waals surface area (Å²) < 4.78 is 22.0. The molecule has 0 aliphatic carbocycles. The van der Waals surface area contributed by atoms with Crippen LogP contribution in [0.4, 0.5) is 15.8 Å². The summed E-state index contributed by atoms with van der Waals surface area (Å²) >= 11 is 0. The number of aromatic nitrogens is 3. The largest absolute Gasteiger partial charge is 0.494 e. The van der Waals surface area contributed by atoms with Crippen molar-refractivity contribution < 1.29 is 9.13 Å². The van der Waals surface area contributed by atoms with E-state index in [1.165, 1.54) is 29.0 Å². The van der Waals surface area contributed by atoms with Crippen LogP contribution in [0.2, 0.25) is 0 Å². The molecule has 0 saturated carbocycles. The summed E-state index contributed by atoms with van der Waals surface area (Å²) in [6.07, 6.45) is 5.07. The van der Waals surface area contributed by atoms with E-state index in [0.717, 1.165) is 16.9 Å². The number of benzene rings is 2. The van der Waals surface area contributed by atoms with Gasteiger partial charge in [0.05, 0.1) is 36.9 Å². The molecular formula is C24H20FN5O2. The molecule has 0 aliphatic rings. The fraction of sp³-hybridized carbons (Fsp3) is 0.125. The third-order valence-electron chi connectivity index (χ3n) is 4.93. The zero-order valence-corrected chi connectivity index (χ0v) is 17.5. The molecule has 0 spiro atoms. The predicted molar refractivity (Wildman–Crippen MR) is 119 cm³/mol. The van der Waals surface area contributed by atoms with Crippen molar-refractivity contribution in [2.75, 3.05) is 12.4 Å². The van der Waals surface area contributed by atoms with Crippen molar-refractivity contribution >= 4 is 11.4 Å². The van der Waals surface area contributed by atoms with Gasteiger partial charge in [-0.05, 0) is 42.8 Å². The van der Waals surface area contributed by atoms with Gasteiger partial charge in [-0.3, -0.25) is 4.79 Å².